The first-order chi connectivity index (χ1) is 17.7. The molecule has 1 amide bonds. The number of halogens is 2. The lowest BCUT2D eigenvalue weighted by molar-refractivity contribution is -0.146. The van der Waals surface area contributed by atoms with Crippen LogP contribution in [0.5, 0.6) is 0 Å². The summed E-state index contributed by atoms with van der Waals surface area (Å²) in [6, 6.07) is 9.16. The zero-order valence-electron chi connectivity index (χ0n) is 20.2. The summed E-state index contributed by atoms with van der Waals surface area (Å²) in [6.45, 7) is 3.74. The van der Waals surface area contributed by atoms with Crippen LogP contribution in [0.2, 0.25) is 0 Å². The van der Waals surface area contributed by atoms with Crippen molar-refractivity contribution in [3.63, 3.8) is 0 Å². The van der Waals surface area contributed by atoms with Crippen LogP contribution in [0.25, 0.3) is 11.9 Å². The number of carbonyl (C=O) groups excluding carboxylic acids is 1. The summed E-state index contributed by atoms with van der Waals surface area (Å²) in [6.07, 6.45) is 4.87. The van der Waals surface area contributed by atoms with Gasteiger partial charge in [-0.15, -0.1) is 0 Å². The maximum absolute atomic E-state index is 15.3. The maximum atomic E-state index is 15.3. The van der Waals surface area contributed by atoms with E-state index in [4.69, 9.17) is 15.7 Å². The van der Waals surface area contributed by atoms with Crippen molar-refractivity contribution in [1.29, 1.82) is 5.26 Å². The quantitative estimate of drug-likeness (QED) is 0.653. The Morgan fingerprint density at radius 1 is 1.35 bits per heavy atom. The Balaban J connectivity index is 1.30. The summed E-state index contributed by atoms with van der Waals surface area (Å²) >= 11 is 1.27. The number of rotatable bonds is 4. The summed E-state index contributed by atoms with van der Waals surface area (Å²) < 4.78 is 35.2. The molecule has 0 bridgehead atoms. The Labute approximate surface area is 217 Å². The minimum absolute atomic E-state index is 0.00773. The highest BCUT2D eigenvalue weighted by Crippen LogP contribution is 2.66. The Morgan fingerprint density at radius 3 is 2.81 bits per heavy atom. The van der Waals surface area contributed by atoms with Crippen LogP contribution in [-0.2, 0) is 15.1 Å². The van der Waals surface area contributed by atoms with Gasteiger partial charge < -0.3 is 15.4 Å². The van der Waals surface area contributed by atoms with Crippen LogP contribution in [0.3, 0.4) is 0 Å². The molecule has 3 fully saturated rings. The molecule has 37 heavy (non-hydrogen) atoms. The van der Waals surface area contributed by atoms with Gasteiger partial charge in [-0.1, -0.05) is 17.8 Å². The number of aliphatic imine (C=N–C) groups is 1. The normalized spacial score (nSPS) is 32.4. The largest absolute Gasteiger partial charge is 0.378 e. The number of fused-ring (bicyclic) bond motifs is 1. The van der Waals surface area contributed by atoms with Gasteiger partial charge in [0.25, 0.3) is 0 Å². The second kappa shape index (κ2) is 8.36. The number of amides is 1. The van der Waals surface area contributed by atoms with Crippen molar-refractivity contribution in [2.24, 2.45) is 16.6 Å². The van der Waals surface area contributed by atoms with E-state index in [0.717, 1.165) is 19.4 Å². The van der Waals surface area contributed by atoms with Crippen molar-refractivity contribution in [1.82, 2.24) is 9.88 Å². The number of carbonyl (C=O) groups is 1. The van der Waals surface area contributed by atoms with E-state index in [0.29, 0.717) is 30.6 Å². The molecule has 1 aromatic carbocycles. The zero-order chi connectivity index (χ0) is 26.0. The molecule has 2 N–H and O–H groups in total. The lowest BCUT2D eigenvalue weighted by Crippen LogP contribution is -2.49. The summed E-state index contributed by atoms with van der Waals surface area (Å²) in [4.78, 5) is 24.2. The van der Waals surface area contributed by atoms with Gasteiger partial charge >= 0.3 is 0 Å². The van der Waals surface area contributed by atoms with Crippen molar-refractivity contribution >= 4 is 34.7 Å². The van der Waals surface area contributed by atoms with Crippen LogP contribution in [0.1, 0.15) is 48.6 Å². The molecule has 4 atom stereocenters. The van der Waals surface area contributed by atoms with Gasteiger partial charge in [-0.25, -0.2) is 8.78 Å². The molecule has 10 heteroatoms. The average Bonchev–Trinajstić information content (AvgIpc) is 3.44. The first-order valence-electron chi connectivity index (χ1n) is 12.2. The minimum Gasteiger partial charge on any atom is -0.378 e. The fourth-order valence-electron chi connectivity index (χ4n) is 5.89. The van der Waals surface area contributed by atoms with Crippen LogP contribution in [0, 0.1) is 23.1 Å². The number of nitriles is 1. The van der Waals surface area contributed by atoms with E-state index < -0.39 is 21.9 Å². The molecule has 0 radical (unpaired) electrons. The number of thioether (sulfide) groups is 1. The van der Waals surface area contributed by atoms with E-state index in [1.54, 1.807) is 13.0 Å². The molecule has 4 heterocycles. The van der Waals surface area contributed by atoms with Gasteiger partial charge in [0.2, 0.25) is 5.91 Å². The van der Waals surface area contributed by atoms with Gasteiger partial charge in [0, 0.05) is 37.2 Å². The lowest BCUT2D eigenvalue weighted by atomic mass is 9.84. The third kappa shape index (κ3) is 3.83. The van der Waals surface area contributed by atoms with E-state index in [9.17, 15) is 9.18 Å². The van der Waals surface area contributed by atoms with E-state index in [-0.39, 0.29) is 33.9 Å². The molecule has 1 saturated carbocycles. The highest BCUT2D eigenvalue weighted by molar-refractivity contribution is 8.15. The first kappa shape index (κ1) is 24.1. The number of likely N-dealkylation sites (tertiary alicyclic amines) is 1. The number of amidine groups is 1. The molecule has 190 valence electrons. The number of aromatic nitrogens is 1. The van der Waals surface area contributed by atoms with Gasteiger partial charge in [0.1, 0.15) is 22.5 Å². The van der Waals surface area contributed by atoms with Gasteiger partial charge in [0.15, 0.2) is 5.17 Å². The Kier molecular flexibility index (Phi) is 5.44. The molecule has 2 aromatic rings. The Bertz CT molecular complexity index is 1400. The summed E-state index contributed by atoms with van der Waals surface area (Å²) in [5.74, 6) is -1.35. The molecule has 6 rings (SSSR count). The maximum Gasteiger partial charge on any atom is 0.239 e. The Morgan fingerprint density at radius 2 is 2.16 bits per heavy atom. The summed E-state index contributed by atoms with van der Waals surface area (Å²) in [7, 11) is 0. The predicted octanol–water partition coefficient (Wildman–Crippen LogP) is 3.99. The molecule has 1 aromatic heterocycles. The van der Waals surface area contributed by atoms with E-state index in [2.05, 4.69) is 9.98 Å². The van der Waals surface area contributed by atoms with Crippen molar-refractivity contribution in [3.8, 4) is 6.07 Å². The lowest BCUT2D eigenvalue weighted by Gasteiger charge is -2.39. The predicted molar refractivity (Wildman–Crippen MR) is 136 cm³/mol. The molecule has 3 aliphatic heterocycles. The Hall–Kier alpha value is -3.29. The fourth-order valence-corrected chi connectivity index (χ4v) is 7.34. The molecule has 2 saturated heterocycles. The molecule has 7 nitrogen and oxygen atoms in total. The van der Waals surface area contributed by atoms with Crippen molar-refractivity contribution < 1.29 is 18.3 Å². The monoisotopic (exact) mass is 521 g/mol. The van der Waals surface area contributed by atoms with Gasteiger partial charge in [0.05, 0.1) is 29.0 Å². The topological polar surface area (TPSA) is 105 Å². The van der Waals surface area contributed by atoms with Crippen molar-refractivity contribution in [2.75, 3.05) is 19.7 Å². The average molecular weight is 522 g/mol. The highest BCUT2D eigenvalue weighted by Gasteiger charge is 2.72. The minimum atomic E-state index is -1.08. The molecule has 4 aliphatic rings. The third-order valence-electron chi connectivity index (χ3n) is 8.12. The van der Waals surface area contributed by atoms with Crippen LogP contribution in [0.4, 0.5) is 8.78 Å². The molecule has 1 spiro atoms. The number of nitrogens with zero attached hydrogens (tertiary/aromatic N) is 4. The molecule has 2 unspecified atom stereocenters. The van der Waals surface area contributed by atoms with Gasteiger partial charge in [-0.3, -0.25) is 14.8 Å². The van der Waals surface area contributed by atoms with E-state index >= 15 is 4.39 Å². The smallest absolute Gasteiger partial charge is 0.239 e. The number of benzene rings is 1. The molecule has 1 aliphatic carbocycles. The second-order valence-electron chi connectivity index (χ2n) is 10.4. The van der Waals surface area contributed by atoms with Crippen molar-refractivity contribution in [3.05, 3.63) is 64.7 Å². The highest BCUT2D eigenvalue weighted by atomic mass is 32.2. The first-order valence-corrected chi connectivity index (χ1v) is 13.0. The number of ether oxygens (including phenoxy) is 1. The number of nitrogens with two attached hydrogens (primary N) is 1. The van der Waals surface area contributed by atoms with E-state index in [1.807, 2.05) is 11.0 Å². The van der Waals surface area contributed by atoms with Crippen LogP contribution in [0.15, 0.2) is 41.5 Å². The summed E-state index contributed by atoms with van der Waals surface area (Å²) in [5.41, 5.74) is 6.04. The van der Waals surface area contributed by atoms with Crippen LogP contribution >= 0.6 is 11.8 Å². The number of hydrogen-bond donors (Lipinski definition) is 1. The van der Waals surface area contributed by atoms with Gasteiger partial charge in [-0.05, 0) is 55.7 Å². The number of hydrogen-bond acceptors (Lipinski definition) is 7. The summed E-state index contributed by atoms with van der Waals surface area (Å²) in [5, 5.41) is 9.16. The van der Waals surface area contributed by atoms with Crippen molar-refractivity contribution in [2.45, 2.75) is 42.1 Å². The third-order valence-corrected chi connectivity index (χ3v) is 9.41. The number of pyridine rings is 1. The van der Waals surface area contributed by atoms with Gasteiger partial charge in [-0.2, -0.15) is 5.26 Å². The SMILES string of the molecule is C[C@]1(c2cc(/C=C(\F)c3ccc(C#N)cn3)ccc2F)N=C(N)S[C@@]2(C(=O)N3CCC4(CCO4)C3)CC21. The molecular formula is C27H25F2N5O2S. The second-order valence-corrected chi connectivity index (χ2v) is 11.7. The zero-order valence-corrected chi connectivity index (χ0v) is 21.0. The van der Waals surface area contributed by atoms with Crippen LogP contribution in [-0.4, -0.2) is 51.0 Å². The standard InChI is InChI=1S/C27H25F2N5O2S/c1-25(18-10-16(2-4-19(18)28)11-20(29)21-5-3-17(13-30)14-32-21)22-12-27(22,37-24(31)33-25)23(35)34-8-6-26(15-34)7-9-36-26/h2-5,10-11,14,22H,6-9,12,15H2,1H3,(H2,31,33)/b20-11-/t22?,25-,26?,27+/m1/s1. The van der Waals surface area contributed by atoms with E-state index in [1.165, 1.54) is 48.3 Å². The van der Waals surface area contributed by atoms with Crippen LogP contribution < -0.4 is 5.73 Å². The molecular weight excluding hydrogens is 496 g/mol. The fraction of sp³-hybridized carbons (Fsp3) is 0.407.